The van der Waals surface area contributed by atoms with Crippen LogP contribution in [-0.4, -0.2) is 33.4 Å². The largest absolute Gasteiger partial charge is 0.385 e. The Morgan fingerprint density at radius 2 is 2.22 bits per heavy atom. The minimum atomic E-state index is 0.548. The maximum absolute atomic E-state index is 5.96. The maximum Gasteiger partial charge on any atom is 0.138 e. The summed E-state index contributed by atoms with van der Waals surface area (Å²) in [5, 5.41) is 0. The zero-order chi connectivity index (χ0) is 12.7. The first-order valence-electron chi connectivity index (χ1n) is 6.62. The SMILES string of the molecule is CC(C)N1CCC(c2cn3c(N)cccc3n2)C1. The fraction of sp³-hybridized carbons (Fsp3) is 0.500. The molecule has 4 heteroatoms. The zero-order valence-electron chi connectivity index (χ0n) is 11.0. The predicted octanol–water partition coefficient (Wildman–Crippen LogP) is 2.11. The lowest BCUT2D eigenvalue weighted by molar-refractivity contribution is 0.272. The second-order valence-electron chi connectivity index (χ2n) is 5.42. The van der Waals surface area contributed by atoms with Gasteiger partial charge >= 0.3 is 0 Å². The van der Waals surface area contributed by atoms with Crippen molar-refractivity contribution in [3.05, 3.63) is 30.1 Å². The summed E-state index contributed by atoms with van der Waals surface area (Å²) in [6.07, 6.45) is 3.29. The van der Waals surface area contributed by atoms with E-state index in [0.29, 0.717) is 12.0 Å². The van der Waals surface area contributed by atoms with Crippen LogP contribution in [0.3, 0.4) is 0 Å². The first kappa shape index (κ1) is 11.5. The Morgan fingerprint density at radius 1 is 1.39 bits per heavy atom. The first-order valence-corrected chi connectivity index (χ1v) is 6.62. The van der Waals surface area contributed by atoms with Crippen LogP contribution in [0.25, 0.3) is 5.65 Å². The lowest BCUT2D eigenvalue weighted by atomic mass is 10.1. The monoisotopic (exact) mass is 244 g/mol. The highest BCUT2D eigenvalue weighted by Crippen LogP contribution is 2.28. The van der Waals surface area contributed by atoms with Crippen LogP contribution in [0.4, 0.5) is 5.82 Å². The highest BCUT2D eigenvalue weighted by molar-refractivity contribution is 5.49. The Balaban J connectivity index is 1.89. The van der Waals surface area contributed by atoms with Gasteiger partial charge in [0.05, 0.1) is 5.69 Å². The van der Waals surface area contributed by atoms with E-state index in [-0.39, 0.29) is 0 Å². The number of aromatic nitrogens is 2. The molecule has 0 amide bonds. The lowest BCUT2D eigenvalue weighted by Crippen LogP contribution is -2.27. The van der Waals surface area contributed by atoms with E-state index in [0.717, 1.165) is 18.0 Å². The van der Waals surface area contributed by atoms with Gasteiger partial charge in [0.1, 0.15) is 11.5 Å². The molecule has 3 rings (SSSR count). The van der Waals surface area contributed by atoms with Crippen LogP contribution in [0.1, 0.15) is 31.9 Å². The van der Waals surface area contributed by atoms with Crippen LogP contribution >= 0.6 is 0 Å². The number of nitrogen functional groups attached to an aromatic ring is 1. The summed E-state index contributed by atoms with van der Waals surface area (Å²) in [5.74, 6) is 1.30. The molecule has 0 saturated carbocycles. The van der Waals surface area contributed by atoms with E-state index >= 15 is 0 Å². The van der Waals surface area contributed by atoms with Gasteiger partial charge in [-0.3, -0.25) is 4.40 Å². The molecule has 0 aliphatic carbocycles. The predicted molar refractivity (Wildman–Crippen MR) is 73.7 cm³/mol. The molecule has 2 aromatic rings. The molecular formula is C14H20N4. The van der Waals surface area contributed by atoms with Crippen molar-refractivity contribution >= 4 is 11.5 Å². The van der Waals surface area contributed by atoms with Crippen molar-refractivity contribution < 1.29 is 0 Å². The third kappa shape index (κ3) is 1.86. The van der Waals surface area contributed by atoms with Crippen molar-refractivity contribution in [2.24, 2.45) is 0 Å². The molecule has 0 radical (unpaired) electrons. The van der Waals surface area contributed by atoms with Gasteiger partial charge < -0.3 is 10.6 Å². The normalized spacial score (nSPS) is 21.2. The third-order valence-electron chi connectivity index (χ3n) is 3.91. The number of hydrogen-bond donors (Lipinski definition) is 1. The third-order valence-corrected chi connectivity index (χ3v) is 3.91. The van der Waals surface area contributed by atoms with Gasteiger partial charge in [0, 0.05) is 24.7 Å². The molecule has 2 N–H and O–H groups in total. The Bertz CT molecular complexity index is 558. The summed E-state index contributed by atoms with van der Waals surface area (Å²) in [5.41, 5.74) is 8.09. The van der Waals surface area contributed by atoms with Crippen LogP contribution in [0.2, 0.25) is 0 Å². The number of rotatable bonds is 2. The highest BCUT2D eigenvalue weighted by Gasteiger charge is 2.27. The molecule has 0 aromatic carbocycles. The summed E-state index contributed by atoms with van der Waals surface area (Å²) in [6, 6.07) is 6.50. The highest BCUT2D eigenvalue weighted by atomic mass is 15.2. The maximum atomic E-state index is 5.96. The lowest BCUT2D eigenvalue weighted by Gasteiger charge is -2.19. The number of fused-ring (bicyclic) bond motifs is 1. The van der Waals surface area contributed by atoms with Crippen LogP contribution in [0.5, 0.6) is 0 Å². The minimum absolute atomic E-state index is 0.548. The number of pyridine rings is 1. The van der Waals surface area contributed by atoms with Gasteiger partial charge in [-0.15, -0.1) is 0 Å². The molecule has 1 atom stereocenters. The minimum Gasteiger partial charge on any atom is -0.385 e. The molecule has 1 aliphatic rings. The van der Waals surface area contributed by atoms with Crippen molar-refractivity contribution in [3.8, 4) is 0 Å². The first-order chi connectivity index (χ1) is 8.65. The van der Waals surface area contributed by atoms with Crippen LogP contribution in [-0.2, 0) is 0 Å². The van der Waals surface area contributed by atoms with Crippen LogP contribution in [0.15, 0.2) is 24.4 Å². The fourth-order valence-electron chi connectivity index (χ4n) is 2.75. The summed E-state index contributed by atoms with van der Waals surface area (Å²) in [4.78, 5) is 7.22. The smallest absolute Gasteiger partial charge is 0.138 e. The average molecular weight is 244 g/mol. The molecule has 3 heterocycles. The van der Waals surface area contributed by atoms with Crippen LogP contribution < -0.4 is 5.73 Å². The Labute approximate surface area is 107 Å². The van der Waals surface area contributed by atoms with Gasteiger partial charge in [0.25, 0.3) is 0 Å². The molecule has 2 aromatic heterocycles. The summed E-state index contributed by atoms with van der Waals surface area (Å²) >= 11 is 0. The van der Waals surface area contributed by atoms with E-state index in [1.54, 1.807) is 0 Å². The molecular weight excluding hydrogens is 224 g/mol. The summed E-state index contributed by atoms with van der Waals surface area (Å²) in [7, 11) is 0. The Morgan fingerprint density at radius 3 is 2.89 bits per heavy atom. The number of hydrogen-bond acceptors (Lipinski definition) is 3. The quantitative estimate of drug-likeness (QED) is 0.880. The van der Waals surface area contributed by atoms with E-state index < -0.39 is 0 Å². The Kier molecular flexibility index (Phi) is 2.74. The standard InChI is InChI=1S/C14H20N4/c1-10(2)17-7-6-11(8-17)12-9-18-13(15)4-3-5-14(18)16-12/h3-5,9-11H,6-8,15H2,1-2H3. The molecule has 1 saturated heterocycles. The van der Waals surface area contributed by atoms with E-state index in [1.807, 2.05) is 22.6 Å². The second-order valence-corrected chi connectivity index (χ2v) is 5.42. The molecule has 0 spiro atoms. The number of nitrogens with zero attached hydrogens (tertiary/aromatic N) is 3. The van der Waals surface area contributed by atoms with E-state index in [9.17, 15) is 0 Å². The molecule has 0 bridgehead atoms. The Hall–Kier alpha value is -1.55. The van der Waals surface area contributed by atoms with Gasteiger partial charge in [-0.2, -0.15) is 0 Å². The van der Waals surface area contributed by atoms with Gasteiger partial charge in [0.15, 0.2) is 0 Å². The van der Waals surface area contributed by atoms with Crippen LogP contribution in [0, 0.1) is 0 Å². The van der Waals surface area contributed by atoms with Crippen molar-refractivity contribution in [2.45, 2.75) is 32.2 Å². The van der Waals surface area contributed by atoms with Crippen molar-refractivity contribution in [1.29, 1.82) is 0 Å². The van der Waals surface area contributed by atoms with Crippen molar-refractivity contribution in [2.75, 3.05) is 18.8 Å². The molecule has 96 valence electrons. The zero-order valence-corrected chi connectivity index (χ0v) is 11.0. The van der Waals surface area contributed by atoms with Crippen molar-refractivity contribution in [3.63, 3.8) is 0 Å². The summed E-state index contributed by atoms with van der Waals surface area (Å²) < 4.78 is 1.98. The second kappa shape index (κ2) is 4.28. The van der Waals surface area contributed by atoms with E-state index in [1.165, 1.54) is 18.7 Å². The van der Waals surface area contributed by atoms with Gasteiger partial charge in [-0.25, -0.2) is 4.98 Å². The van der Waals surface area contributed by atoms with Gasteiger partial charge in [0.2, 0.25) is 0 Å². The number of anilines is 1. The fourth-order valence-corrected chi connectivity index (χ4v) is 2.75. The topological polar surface area (TPSA) is 46.6 Å². The van der Waals surface area contributed by atoms with Crippen molar-refractivity contribution in [1.82, 2.24) is 14.3 Å². The molecule has 18 heavy (non-hydrogen) atoms. The molecule has 1 aliphatic heterocycles. The number of likely N-dealkylation sites (tertiary alicyclic amines) is 1. The molecule has 4 nitrogen and oxygen atoms in total. The van der Waals surface area contributed by atoms with Gasteiger partial charge in [-0.05, 0) is 38.9 Å². The number of imidazole rings is 1. The summed E-state index contributed by atoms with van der Waals surface area (Å²) in [6.45, 7) is 6.79. The average Bonchev–Trinajstić information content (AvgIpc) is 2.95. The molecule has 1 fully saturated rings. The molecule has 1 unspecified atom stereocenters. The van der Waals surface area contributed by atoms with E-state index in [2.05, 4.69) is 24.9 Å². The van der Waals surface area contributed by atoms with Gasteiger partial charge in [-0.1, -0.05) is 6.07 Å². The number of nitrogens with two attached hydrogens (primary N) is 1. The van der Waals surface area contributed by atoms with E-state index in [4.69, 9.17) is 10.7 Å².